The predicted molar refractivity (Wildman–Crippen MR) is 81.7 cm³/mol. The molecule has 2 saturated heterocycles. The first-order chi connectivity index (χ1) is 9.97. The van der Waals surface area contributed by atoms with E-state index in [2.05, 4.69) is 36.0 Å². The number of nitrogens with zero attached hydrogens (tertiary/aromatic N) is 2. The number of amides is 1. The number of aliphatic imine (C=N–C) groups is 1. The Hall–Kier alpha value is -1.14. The van der Waals surface area contributed by atoms with Crippen molar-refractivity contribution in [1.82, 2.24) is 10.2 Å². The summed E-state index contributed by atoms with van der Waals surface area (Å²) in [5.41, 5.74) is -0.190. The smallest absolute Gasteiger partial charge is 0.435 e. The second kappa shape index (κ2) is 7.22. The maximum absolute atomic E-state index is 12.1. The van der Waals surface area contributed by atoms with E-state index < -0.39 is 6.09 Å². The molecule has 2 aliphatic heterocycles. The zero-order chi connectivity index (χ0) is 15.3. The SMILES string of the molecule is CC(C)(C)C(=NC(=O)OC1CCNCC1)N1CCOCC1. The van der Waals surface area contributed by atoms with Gasteiger partial charge in [-0.15, -0.1) is 0 Å². The molecule has 2 rings (SSSR count). The molecule has 0 saturated carbocycles. The van der Waals surface area contributed by atoms with Crippen LogP contribution in [0.25, 0.3) is 0 Å². The quantitative estimate of drug-likeness (QED) is 0.589. The molecule has 0 aromatic rings. The molecule has 0 aromatic heterocycles. The van der Waals surface area contributed by atoms with Crippen LogP contribution < -0.4 is 5.32 Å². The minimum Gasteiger partial charge on any atom is -0.444 e. The van der Waals surface area contributed by atoms with Crippen molar-refractivity contribution in [2.45, 2.75) is 39.7 Å². The van der Waals surface area contributed by atoms with Crippen molar-refractivity contribution in [3.63, 3.8) is 0 Å². The molecular formula is C15H27N3O3. The van der Waals surface area contributed by atoms with E-state index in [4.69, 9.17) is 9.47 Å². The van der Waals surface area contributed by atoms with Gasteiger partial charge in [0.15, 0.2) is 0 Å². The van der Waals surface area contributed by atoms with Gasteiger partial charge in [-0.2, -0.15) is 4.99 Å². The summed E-state index contributed by atoms with van der Waals surface area (Å²) in [7, 11) is 0. The molecule has 0 radical (unpaired) electrons. The fourth-order valence-corrected chi connectivity index (χ4v) is 2.66. The number of amidine groups is 1. The molecule has 1 amide bonds. The van der Waals surface area contributed by atoms with E-state index in [1.54, 1.807) is 0 Å². The summed E-state index contributed by atoms with van der Waals surface area (Å²) in [5.74, 6) is 0.796. The summed E-state index contributed by atoms with van der Waals surface area (Å²) in [6.07, 6.45) is 1.26. The van der Waals surface area contributed by atoms with Crippen LogP contribution in [0.15, 0.2) is 4.99 Å². The number of carbonyl (C=O) groups excluding carboxylic acids is 1. The highest BCUT2D eigenvalue weighted by atomic mass is 16.6. The molecule has 0 aliphatic carbocycles. The molecule has 6 heteroatoms. The monoisotopic (exact) mass is 297 g/mol. The number of morpholine rings is 1. The maximum Gasteiger partial charge on any atom is 0.435 e. The minimum absolute atomic E-state index is 0.00610. The third-order valence-electron chi connectivity index (χ3n) is 3.73. The van der Waals surface area contributed by atoms with Gasteiger partial charge >= 0.3 is 6.09 Å². The van der Waals surface area contributed by atoms with Crippen molar-refractivity contribution in [3.05, 3.63) is 0 Å². The molecule has 0 atom stereocenters. The lowest BCUT2D eigenvalue weighted by Gasteiger charge is -2.35. The highest BCUT2D eigenvalue weighted by molar-refractivity contribution is 5.95. The van der Waals surface area contributed by atoms with Crippen molar-refractivity contribution in [3.8, 4) is 0 Å². The number of hydrogen-bond donors (Lipinski definition) is 1. The Balaban J connectivity index is 2.02. The first-order valence-electron chi connectivity index (χ1n) is 7.80. The Morgan fingerprint density at radius 2 is 1.86 bits per heavy atom. The lowest BCUT2D eigenvalue weighted by Crippen LogP contribution is -2.46. The van der Waals surface area contributed by atoms with Crippen molar-refractivity contribution < 1.29 is 14.3 Å². The second-order valence-electron chi connectivity index (χ2n) is 6.62. The van der Waals surface area contributed by atoms with Gasteiger partial charge in [-0.1, -0.05) is 20.8 Å². The van der Waals surface area contributed by atoms with Gasteiger partial charge in [-0.3, -0.25) is 0 Å². The lowest BCUT2D eigenvalue weighted by atomic mass is 9.93. The molecule has 0 spiro atoms. The van der Waals surface area contributed by atoms with Gasteiger partial charge < -0.3 is 19.7 Å². The number of hydrogen-bond acceptors (Lipinski definition) is 4. The van der Waals surface area contributed by atoms with Crippen LogP contribution in [-0.4, -0.2) is 62.3 Å². The van der Waals surface area contributed by atoms with Crippen LogP contribution in [0.5, 0.6) is 0 Å². The first-order valence-corrected chi connectivity index (χ1v) is 7.80. The van der Waals surface area contributed by atoms with E-state index in [1.165, 1.54) is 0 Å². The van der Waals surface area contributed by atoms with Crippen molar-refractivity contribution in [1.29, 1.82) is 0 Å². The van der Waals surface area contributed by atoms with E-state index in [-0.39, 0.29) is 11.5 Å². The molecule has 2 aliphatic rings. The van der Waals surface area contributed by atoms with Crippen LogP contribution in [0, 0.1) is 5.41 Å². The van der Waals surface area contributed by atoms with E-state index in [1.807, 2.05) is 0 Å². The molecule has 0 aromatic carbocycles. The van der Waals surface area contributed by atoms with Crippen LogP contribution in [0.4, 0.5) is 4.79 Å². The van der Waals surface area contributed by atoms with Gasteiger partial charge in [0, 0.05) is 18.5 Å². The van der Waals surface area contributed by atoms with E-state index in [0.717, 1.165) is 44.9 Å². The summed E-state index contributed by atoms with van der Waals surface area (Å²) >= 11 is 0. The Morgan fingerprint density at radius 1 is 1.24 bits per heavy atom. The maximum atomic E-state index is 12.1. The first kappa shape index (κ1) is 16.2. The molecule has 2 fully saturated rings. The second-order valence-corrected chi connectivity index (χ2v) is 6.62. The van der Waals surface area contributed by atoms with E-state index in [9.17, 15) is 4.79 Å². The fourth-order valence-electron chi connectivity index (χ4n) is 2.66. The summed E-state index contributed by atoms with van der Waals surface area (Å²) in [6, 6.07) is 0. The Labute approximate surface area is 126 Å². The number of ether oxygens (including phenoxy) is 2. The summed E-state index contributed by atoms with van der Waals surface area (Å²) in [5, 5.41) is 3.26. The Bertz CT molecular complexity index is 378. The molecule has 2 heterocycles. The average molecular weight is 297 g/mol. The Kier molecular flexibility index (Phi) is 5.58. The molecule has 21 heavy (non-hydrogen) atoms. The van der Waals surface area contributed by atoms with Crippen LogP contribution in [0.1, 0.15) is 33.6 Å². The normalized spacial score (nSPS) is 22.2. The topological polar surface area (TPSA) is 63.2 Å². The molecule has 0 bridgehead atoms. The lowest BCUT2D eigenvalue weighted by molar-refractivity contribution is 0.0632. The number of rotatable bonds is 1. The van der Waals surface area contributed by atoms with Gasteiger partial charge in [-0.05, 0) is 25.9 Å². The minimum atomic E-state index is -0.460. The predicted octanol–water partition coefficient (Wildman–Crippen LogP) is 1.65. The van der Waals surface area contributed by atoms with Crippen molar-refractivity contribution in [2.75, 3.05) is 39.4 Å². The third-order valence-corrected chi connectivity index (χ3v) is 3.73. The number of piperidine rings is 1. The van der Waals surface area contributed by atoms with Crippen LogP contribution in [0.2, 0.25) is 0 Å². The van der Waals surface area contributed by atoms with E-state index >= 15 is 0 Å². The zero-order valence-corrected chi connectivity index (χ0v) is 13.4. The van der Waals surface area contributed by atoms with Gasteiger partial charge in [0.05, 0.1) is 13.2 Å². The average Bonchev–Trinajstić information content (AvgIpc) is 2.45. The standard InChI is InChI=1S/C15H27N3O3/c1-15(2,3)13(18-8-10-20-11-9-18)17-14(19)21-12-4-6-16-7-5-12/h12,16H,4-11H2,1-3H3. The van der Waals surface area contributed by atoms with Gasteiger partial charge in [0.2, 0.25) is 0 Å². The van der Waals surface area contributed by atoms with Gasteiger partial charge in [0.25, 0.3) is 0 Å². The summed E-state index contributed by atoms with van der Waals surface area (Å²) < 4.78 is 10.9. The van der Waals surface area contributed by atoms with Gasteiger partial charge in [0.1, 0.15) is 11.9 Å². The fraction of sp³-hybridized carbons (Fsp3) is 0.867. The highest BCUT2D eigenvalue weighted by Crippen LogP contribution is 2.21. The van der Waals surface area contributed by atoms with Crippen molar-refractivity contribution >= 4 is 11.9 Å². The summed E-state index contributed by atoms with van der Waals surface area (Å²) in [4.78, 5) is 18.5. The Morgan fingerprint density at radius 3 is 2.43 bits per heavy atom. The van der Waals surface area contributed by atoms with E-state index in [0.29, 0.717) is 13.2 Å². The molecule has 120 valence electrons. The number of carbonyl (C=O) groups is 1. The van der Waals surface area contributed by atoms with Crippen LogP contribution >= 0.6 is 0 Å². The van der Waals surface area contributed by atoms with Crippen molar-refractivity contribution in [2.24, 2.45) is 10.4 Å². The molecule has 1 N–H and O–H groups in total. The third kappa shape index (κ3) is 4.97. The molecular weight excluding hydrogens is 270 g/mol. The zero-order valence-electron chi connectivity index (χ0n) is 13.4. The van der Waals surface area contributed by atoms with Crippen LogP contribution in [0.3, 0.4) is 0 Å². The summed E-state index contributed by atoms with van der Waals surface area (Å²) in [6.45, 7) is 10.9. The number of nitrogens with one attached hydrogen (secondary N) is 1. The highest BCUT2D eigenvalue weighted by Gasteiger charge is 2.28. The molecule has 0 unspecified atom stereocenters. The largest absolute Gasteiger partial charge is 0.444 e. The van der Waals surface area contributed by atoms with Gasteiger partial charge in [-0.25, -0.2) is 4.79 Å². The van der Waals surface area contributed by atoms with Crippen LogP contribution in [-0.2, 0) is 9.47 Å². The molecule has 6 nitrogen and oxygen atoms in total.